The van der Waals surface area contributed by atoms with Crippen LogP contribution in [0.1, 0.15) is 38.5 Å². The molecule has 2 nitrogen and oxygen atoms in total. The number of hydrogen-bond donors (Lipinski definition) is 0. The first-order chi connectivity index (χ1) is 5.11. The summed E-state index contributed by atoms with van der Waals surface area (Å²) in [7, 11) is 0. The Hall–Kier alpha value is -0.860. The van der Waals surface area contributed by atoms with E-state index in [2.05, 4.69) is 18.9 Å². The molecule has 3 heteroatoms. The second kappa shape index (κ2) is 3.03. The standard InChI is InChI=1S/C8H13FN2/c1-6(2)8-4-10-11(5-8)7(3)9/h4-7H,1-3H3. The van der Waals surface area contributed by atoms with Crippen molar-refractivity contribution < 1.29 is 4.39 Å². The minimum Gasteiger partial charge on any atom is -0.239 e. The summed E-state index contributed by atoms with van der Waals surface area (Å²) in [6.07, 6.45) is 2.43. The maximum absolute atomic E-state index is 12.6. The molecule has 0 saturated heterocycles. The zero-order valence-electron chi connectivity index (χ0n) is 7.08. The lowest BCUT2D eigenvalue weighted by molar-refractivity contribution is 0.245. The molecule has 0 aliphatic heterocycles. The molecule has 1 heterocycles. The van der Waals surface area contributed by atoms with Crippen molar-refractivity contribution in [2.75, 3.05) is 0 Å². The summed E-state index contributed by atoms with van der Waals surface area (Å²) in [6, 6.07) is 0. The average Bonchev–Trinajstić information content (AvgIpc) is 2.33. The molecule has 11 heavy (non-hydrogen) atoms. The molecule has 1 rings (SSSR count). The van der Waals surface area contributed by atoms with Gasteiger partial charge in [0.15, 0.2) is 6.30 Å². The first kappa shape index (κ1) is 8.24. The van der Waals surface area contributed by atoms with Gasteiger partial charge in [-0.25, -0.2) is 9.07 Å². The van der Waals surface area contributed by atoms with E-state index in [-0.39, 0.29) is 0 Å². The average molecular weight is 156 g/mol. The summed E-state index contributed by atoms with van der Waals surface area (Å²) in [6.45, 7) is 5.59. The highest BCUT2D eigenvalue weighted by Crippen LogP contribution is 2.15. The molecule has 0 bridgehead atoms. The largest absolute Gasteiger partial charge is 0.239 e. The molecule has 0 aliphatic rings. The molecule has 0 saturated carbocycles. The number of alkyl halides is 1. The highest BCUT2D eigenvalue weighted by Gasteiger charge is 2.05. The molecule has 1 aromatic rings. The van der Waals surface area contributed by atoms with Gasteiger partial charge in [-0.3, -0.25) is 0 Å². The van der Waals surface area contributed by atoms with E-state index in [9.17, 15) is 4.39 Å². The van der Waals surface area contributed by atoms with E-state index in [1.54, 1.807) is 12.4 Å². The van der Waals surface area contributed by atoms with Gasteiger partial charge in [-0.1, -0.05) is 13.8 Å². The third kappa shape index (κ3) is 1.79. The molecule has 62 valence electrons. The summed E-state index contributed by atoms with van der Waals surface area (Å²) in [4.78, 5) is 0. The second-order valence-electron chi connectivity index (χ2n) is 2.98. The Labute approximate surface area is 66.0 Å². The van der Waals surface area contributed by atoms with Crippen LogP contribution < -0.4 is 0 Å². The molecule has 0 N–H and O–H groups in total. The fraction of sp³-hybridized carbons (Fsp3) is 0.625. The van der Waals surface area contributed by atoms with E-state index in [0.29, 0.717) is 5.92 Å². The number of rotatable bonds is 2. The van der Waals surface area contributed by atoms with Gasteiger partial charge in [0.05, 0.1) is 6.20 Å². The van der Waals surface area contributed by atoms with Gasteiger partial charge in [-0.05, 0) is 18.4 Å². The predicted molar refractivity (Wildman–Crippen MR) is 42.1 cm³/mol. The monoisotopic (exact) mass is 156 g/mol. The number of halogens is 1. The summed E-state index contributed by atoms with van der Waals surface area (Å²) in [5, 5.41) is 3.88. The summed E-state index contributed by atoms with van der Waals surface area (Å²) in [5.74, 6) is 0.419. The Morgan fingerprint density at radius 3 is 2.36 bits per heavy atom. The van der Waals surface area contributed by atoms with Crippen molar-refractivity contribution in [2.45, 2.75) is 33.0 Å². The van der Waals surface area contributed by atoms with Crippen LogP contribution in [0.3, 0.4) is 0 Å². The van der Waals surface area contributed by atoms with Crippen molar-refractivity contribution in [3.8, 4) is 0 Å². The van der Waals surface area contributed by atoms with Gasteiger partial charge in [0.1, 0.15) is 0 Å². The lowest BCUT2D eigenvalue weighted by atomic mass is 10.1. The first-order valence-electron chi connectivity index (χ1n) is 3.79. The quantitative estimate of drug-likeness (QED) is 0.643. The maximum atomic E-state index is 12.6. The Kier molecular flexibility index (Phi) is 2.27. The van der Waals surface area contributed by atoms with Crippen LogP contribution in [0.2, 0.25) is 0 Å². The number of nitrogens with zero attached hydrogens (tertiary/aromatic N) is 2. The number of aromatic nitrogens is 2. The van der Waals surface area contributed by atoms with Crippen molar-refractivity contribution >= 4 is 0 Å². The van der Waals surface area contributed by atoms with E-state index in [1.807, 2.05) is 0 Å². The van der Waals surface area contributed by atoms with E-state index in [1.165, 1.54) is 11.6 Å². The van der Waals surface area contributed by atoms with Gasteiger partial charge in [0.2, 0.25) is 0 Å². The Bertz CT molecular complexity index is 205. The van der Waals surface area contributed by atoms with Gasteiger partial charge < -0.3 is 0 Å². The van der Waals surface area contributed by atoms with Crippen LogP contribution in [0, 0.1) is 0 Å². The molecule has 0 radical (unpaired) electrons. The summed E-state index contributed by atoms with van der Waals surface area (Å²) < 4.78 is 13.9. The van der Waals surface area contributed by atoms with Crippen LogP contribution in [0.15, 0.2) is 12.4 Å². The van der Waals surface area contributed by atoms with E-state index in [0.717, 1.165) is 5.56 Å². The van der Waals surface area contributed by atoms with Gasteiger partial charge in [0, 0.05) is 6.20 Å². The van der Waals surface area contributed by atoms with Crippen molar-refractivity contribution in [1.82, 2.24) is 9.78 Å². The zero-order chi connectivity index (χ0) is 8.43. The molecule has 0 aliphatic carbocycles. The van der Waals surface area contributed by atoms with Crippen LogP contribution in [-0.4, -0.2) is 9.78 Å². The van der Waals surface area contributed by atoms with Crippen LogP contribution >= 0.6 is 0 Å². The van der Waals surface area contributed by atoms with E-state index >= 15 is 0 Å². The van der Waals surface area contributed by atoms with Gasteiger partial charge in [-0.15, -0.1) is 0 Å². The molecule has 0 spiro atoms. The smallest absolute Gasteiger partial charge is 0.188 e. The summed E-state index contributed by atoms with van der Waals surface area (Å²) in [5.41, 5.74) is 1.08. The number of hydrogen-bond acceptors (Lipinski definition) is 1. The maximum Gasteiger partial charge on any atom is 0.188 e. The predicted octanol–water partition coefficient (Wildman–Crippen LogP) is 2.49. The minimum atomic E-state index is -1.03. The zero-order valence-corrected chi connectivity index (χ0v) is 7.08. The van der Waals surface area contributed by atoms with Crippen molar-refractivity contribution in [2.24, 2.45) is 0 Å². The van der Waals surface area contributed by atoms with Crippen LogP contribution in [0.5, 0.6) is 0 Å². The van der Waals surface area contributed by atoms with Gasteiger partial charge in [0.25, 0.3) is 0 Å². The van der Waals surface area contributed by atoms with E-state index in [4.69, 9.17) is 0 Å². The van der Waals surface area contributed by atoms with Crippen molar-refractivity contribution in [3.05, 3.63) is 18.0 Å². The highest BCUT2D eigenvalue weighted by molar-refractivity contribution is 5.08. The van der Waals surface area contributed by atoms with Crippen molar-refractivity contribution in [1.29, 1.82) is 0 Å². The Balaban J connectivity index is 2.82. The second-order valence-corrected chi connectivity index (χ2v) is 2.98. The van der Waals surface area contributed by atoms with Gasteiger partial charge in [-0.2, -0.15) is 5.10 Å². The lowest BCUT2D eigenvalue weighted by Gasteiger charge is -2.00. The lowest BCUT2D eigenvalue weighted by Crippen LogP contribution is -1.98. The van der Waals surface area contributed by atoms with Crippen LogP contribution in [-0.2, 0) is 0 Å². The minimum absolute atomic E-state index is 0.419. The molecule has 0 fully saturated rings. The van der Waals surface area contributed by atoms with Crippen LogP contribution in [0.4, 0.5) is 4.39 Å². The Morgan fingerprint density at radius 2 is 2.09 bits per heavy atom. The Morgan fingerprint density at radius 1 is 1.45 bits per heavy atom. The van der Waals surface area contributed by atoms with Gasteiger partial charge >= 0.3 is 0 Å². The molecule has 0 aromatic carbocycles. The third-order valence-corrected chi connectivity index (χ3v) is 1.65. The van der Waals surface area contributed by atoms with Crippen molar-refractivity contribution in [3.63, 3.8) is 0 Å². The molecule has 1 unspecified atom stereocenters. The molecule has 0 amide bonds. The SMILES string of the molecule is CC(C)c1cnn(C(C)F)c1. The first-order valence-corrected chi connectivity index (χ1v) is 3.79. The highest BCUT2D eigenvalue weighted by atomic mass is 19.1. The fourth-order valence-electron chi connectivity index (χ4n) is 0.845. The fourth-order valence-corrected chi connectivity index (χ4v) is 0.845. The van der Waals surface area contributed by atoms with Crippen LogP contribution in [0.25, 0.3) is 0 Å². The third-order valence-electron chi connectivity index (χ3n) is 1.65. The molecule has 1 aromatic heterocycles. The topological polar surface area (TPSA) is 17.8 Å². The molecular formula is C8H13FN2. The normalized spacial score (nSPS) is 13.9. The molecule has 1 atom stereocenters. The summed E-state index contributed by atoms with van der Waals surface area (Å²) >= 11 is 0. The molecular weight excluding hydrogens is 143 g/mol. The van der Waals surface area contributed by atoms with E-state index < -0.39 is 6.30 Å².